The molecule has 3 aromatic heterocycles. The molecule has 1 saturated carbocycles. The largest absolute Gasteiger partial charge is 0.507 e. The molecule has 5 fully saturated rings. The van der Waals surface area contributed by atoms with Crippen LogP contribution in [0.15, 0.2) is 67.0 Å². The van der Waals surface area contributed by atoms with Gasteiger partial charge in [-0.2, -0.15) is 0 Å². The van der Waals surface area contributed by atoms with Gasteiger partial charge in [-0.1, -0.05) is 18.2 Å². The number of nitrogens with one attached hydrogen (secondary N) is 1. The first-order chi connectivity index (χ1) is 30.2. The number of hydrogen-bond acceptors (Lipinski definition) is 11. The number of aromatic hydroxyl groups is 1. The Labute approximate surface area is 360 Å². The number of nitrogen functional groups attached to an aromatic ring is 1. The van der Waals surface area contributed by atoms with Crippen LogP contribution in [0.25, 0.3) is 22.3 Å². The van der Waals surface area contributed by atoms with Gasteiger partial charge in [0.2, 0.25) is 5.91 Å². The lowest BCUT2D eigenvalue weighted by Crippen LogP contribution is -2.49. The van der Waals surface area contributed by atoms with E-state index >= 15 is 0 Å². The van der Waals surface area contributed by atoms with E-state index in [1.165, 1.54) is 18.4 Å². The van der Waals surface area contributed by atoms with Crippen molar-refractivity contribution in [3.63, 3.8) is 0 Å². The number of carbonyl (C=O) groups excluding carboxylic acids is 3. The molecule has 62 heavy (non-hydrogen) atoms. The minimum atomic E-state index is -0.380. The number of aryl methyl sites for hydroxylation is 1. The van der Waals surface area contributed by atoms with Gasteiger partial charge in [0.15, 0.2) is 5.82 Å². The summed E-state index contributed by atoms with van der Waals surface area (Å²) in [6.07, 6.45) is 10.6. The molecule has 15 nitrogen and oxygen atoms in total. The number of nitrogens with zero attached hydrogens (tertiary/aromatic N) is 8. The maximum Gasteiger partial charge on any atom is 0.328 e. The number of hydrogen-bond donors (Lipinski definition) is 3. The van der Waals surface area contributed by atoms with Gasteiger partial charge in [-0.25, -0.2) is 9.78 Å². The number of para-hydroxylation sites is 1. The molecule has 4 saturated heterocycles. The molecule has 1 atom stereocenters. The molecule has 0 bridgehead atoms. The summed E-state index contributed by atoms with van der Waals surface area (Å²) >= 11 is 0. The first kappa shape index (κ1) is 40.0. The van der Waals surface area contributed by atoms with E-state index in [0.29, 0.717) is 73.2 Å². The number of phenolic OH excluding ortho intramolecular Hbond substituents is 1. The van der Waals surface area contributed by atoms with E-state index in [2.05, 4.69) is 42.1 Å². The van der Waals surface area contributed by atoms with Gasteiger partial charge in [-0.05, 0) is 110 Å². The Morgan fingerprint density at radius 1 is 0.919 bits per heavy atom. The Morgan fingerprint density at radius 2 is 1.73 bits per heavy atom. The third-order valence-electron chi connectivity index (χ3n) is 13.7. The number of nitrogens with two attached hydrogens (primary N) is 1. The molecule has 4 aliphatic heterocycles. The molecule has 4 amide bonds. The van der Waals surface area contributed by atoms with Crippen molar-refractivity contribution < 1.29 is 24.2 Å². The van der Waals surface area contributed by atoms with Crippen LogP contribution in [0.2, 0.25) is 0 Å². The third-order valence-corrected chi connectivity index (χ3v) is 13.7. The number of likely N-dealkylation sites (tertiary alicyclic amines) is 2. The number of ether oxygens (including phenoxy) is 1. The van der Waals surface area contributed by atoms with E-state index in [9.17, 15) is 19.5 Å². The standard InChI is InChI=1S/C47H54N10O5/c1-29-22-32(8-9-35(29)42-28-55(20-21-62-42)40-24-39(51-52-44(40)48)36-4-2-3-5-41(36)58)46(60)54-17-10-30(11-18-54)26-53-15-12-33(13-16-53)57-27-38(31-6-7-31)37-23-34(25-49-45(37)57)56-19-14-43(59)50-47(56)61/h2-5,8-9,22-25,27,30-31,33,42,58H,6-7,10-21,26,28H2,1H3,(H2,48,52)(H,50,59,61)/t42-/m1/s1. The highest BCUT2D eigenvalue weighted by molar-refractivity contribution is 6.06. The molecular formula is C47H54N10O5. The number of benzene rings is 2. The van der Waals surface area contributed by atoms with Gasteiger partial charge < -0.3 is 34.8 Å². The average Bonchev–Trinajstić information content (AvgIpc) is 4.07. The predicted molar refractivity (Wildman–Crippen MR) is 236 cm³/mol. The van der Waals surface area contributed by atoms with Crippen LogP contribution in [0, 0.1) is 12.8 Å². The molecular weight excluding hydrogens is 785 g/mol. The monoisotopic (exact) mass is 838 g/mol. The van der Waals surface area contributed by atoms with Crippen molar-refractivity contribution in [1.29, 1.82) is 0 Å². The average molecular weight is 839 g/mol. The number of fused-ring (bicyclic) bond motifs is 1. The fourth-order valence-electron chi connectivity index (χ4n) is 10.0. The number of urea groups is 1. The number of anilines is 3. The van der Waals surface area contributed by atoms with E-state index in [0.717, 1.165) is 91.9 Å². The molecule has 0 radical (unpaired) electrons. The number of pyridine rings is 1. The molecule has 0 unspecified atom stereocenters. The van der Waals surface area contributed by atoms with Crippen LogP contribution >= 0.6 is 0 Å². The molecule has 322 valence electrons. The van der Waals surface area contributed by atoms with Gasteiger partial charge in [0, 0.05) is 87.5 Å². The maximum atomic E-state index is 13.8. The second-order valence-corrected chi connectivity index (χ2v) is 17.7. The fourth-order valence-corrected chi connectivity index (χ4v) is 10.0. The Kier molecular flexibility index (Phi) is 10.8. The second-order valence-electron chi connectivity index (χ2n) is 17.7. The van der Waals surface area contributed by atoms with Crippen LogP contribution in [-0.4, -0.2) is 111 Å². The molecule has 5 aliphatic rings. The van der Waals surface area contributed by atoms with Crippen molar-refractivity contribution >= 4 is 46.1 Å². The molecule has 7 heterocycles. The van der Waals surface area contributed by atoms with Crippen LogP contribution in [0.1, 0.15) is 90.1 Å². The summed E-state index contributed by atoms with van der Waals surface area (Å²) in [5, 5.41) is 22.4. The Bertz CT molecular complexity index is 2520. The highest BCUT2D eigenvalue weighted by Crippen LogP contribution is 2.45. The number of amides is 4. The first-order valence-electron chi connectivity index (χ1n) is 22.2. The summed E-state index contributed by atoms with van der Waals surface area (Å²) in [6.45, 7) is 8.74. The normalized spacial score (nSPS) is 20.9. The fraction of sp³-hybridized carbons (Fsp3) is 0.447. The third kappa shape index (κ3) is 7.95. The highest BCUT2D eigenvalue weighted by Gasteiger charge is 2.33. The van der Waals surface area contributed by atoms with E-state index in [-0.39, 0.29) is 29.7 Å². The number of piperidine rings is 2. The summed E-state index contributed by atoms with van der Waals surface area (Å²) in [5.41, 5.74) is 14.0. The van der Waals surface area contributed by atoms with E-state index < -0.39 is 0 Å². The molecule has 15 heteroatoms. The zero-order valence-corrected chi connectivity index (χ0v) is 35.2. The maximum absolute atomic E-state index is 13.8. The summed E-state index contributed by atoms with van der Waals surface area (Å²) in [5.74, 6) is 1.40. The molecule has 0 spiro atoms. The minimum absolute atomic E-state index is 0.0805. The summed E-state index contributed by atoms with van der Waals surface area (Å²) in [7, 11) is 0. The van der Waals surface area contributed by atoms with E-state index in [4.69, 9.17) is 15.5 Å². The quantitative estimate of drug-likeness (QED) is 0.155. The predicted octanol–water partition coefficient (Wildman–Crippen LogP) is 6.18. The van der Waals surface area contributed by atoms with Gasteiger partial charge >= 0.3 is 6.03 Å². The highest BCUT2D eigenvalue weighted by atomic mass is 16.5. The number of rotatable bonds is 9. The lowest BCUT2D eigenvalue weighted by molar-refractivity contribution is -0.120. The van der Waals surface area contributed by atoms with Gasteiger partial charge in [0.05, 0.1) is 29.9 Å². The van der Waals surface area contributed by atoms with Crippen molar-refractivity contribution in [1.82, 2.24) is 34.9 Å². The Hall–Kier alpha value is -6.06. The number of morpholine rings is 1. The van der Waals surface area contributed by atoms with Crippen LogP contribution in [0.5, 0.6) is 5.75 Å². The van der Waals surface area contributed by atoms with Gasteiger partial charge in [-0.3, -0.25) is 19.8 Å². The molecule has 4 N–H and O–H groups in total. The molecule has 1 aliphatic carbocycles. The van der Waals surface area contributed by atoms with E-state index in [1.54, 1.807) is 29.3 Å². The number of aromatic nitrogens is 4. The SMILES string of the molecule is Cc1cc(C(=O)N2CCC(CN3CCC(n4cc(C5CC5)c5cc(N6CCC(=O)NC6=O)cnc54)CC3)CC2)ccc1[C@H]1CN(c2cc(-c3ccccc3O)nnc2N)CCO1. The number of phenols is 1. The van der Waals surface area contributed by atoms with Crippen LogP contribution < -0.4 is 20.9 Å². The first-order valence-corrected chi connectivity index (χ1v) is 22.2. The second kappa shape index (κ2) is 16.7. The molecule has 10 rings (SSSR count). The van der Waals surface area contributed by atoms with Crippen molar-refractivity contribution in [2.24, 2.45) is 5.92 Å². The van der Waals surface area contributed by atoms with Gasteiger partial charge in [0.25, 0.3) is 5.91 Å². The number of imide groups is 1. The topological polar surface area (TPSA) is 175 Å². The van der Waals surface area contributed by atoms with Gasteiger partial charge in [-0.15, -0.1) is 10.2 Å². The number of carbonyl (C=O) groups is 3. The Morgan fingerprint density at radius 3 is 2.48 bits per heavy atom. The summed E-state index contributed by atoms with van der Waals surface area (Å²) < 4.78 is 8.66. The van der Waals surface area contributed by atoms with Crippen molar-refractivity contribution in [2.45, 2.75) is 69.9 Å². The minimum Gasteiger partial charge on any atom is -0.507 e. The van der Waals surface area contributed by atoms with Gasteiger partial charge in [0.1, 0.15) is 17.5 Å². The lowest BCUT2D eigenvalue weighted by Gasteiger charge is -2.38. The summed E-state index contributed by atoms with van der Waals surface area (Å²) in [4.78, 5) is 51.5. The molecule has 5 aromatic rings. The summed E-state index contributed by atoms with van der Waals surface area (Å²) in [6, 6.07) is 17.0. The molecule has 2 aromatic carbocycles. The van der Waals surface area contributed by atoms with Crippen LogP contribution in [0.3, 0.4) is 0 Å². The van der Waals surface area contributed by atoms with Crippen molar-refractivity contribution in [3.05, 3.63) is 89.2 Å². The van der Waals surface area contributed by atoms with Crippen LogP contribution in [0.4, 0.5) is 22.0 Å². The zero-order chi connectivity index (χ0) is 42.5. The lowest BCUT2D eigenvalue weighted by atomic mass is 9.93. The zero-order valence-electron chi connectivity index (χ0n) is 35.2. The smallest absolute Gasteiger partial charge is 0.328 e. The van der Waals surface area contributed by atoms with Crippen molar-refractivity contribution in [3.8, 4) is 17.0 Å². The van der Waals surface area contributed by atoms with E-state index in [1.807, 2.05) is 42.2 Å². The Balaban J connectivity index is 0.725. The van der Waals surface area contributed by atoms with Crippen molar-refractivity contribution in [2.75, 3.05) is 74.5 Å². The van der Waals surface area contributed by atoms with Crippen LogP contribution in [-0.2, 0) is 9.53 Å².